The van der Waals surface area contributed by atoms with E-state index in [4.69, 9.17) is 0 Å². The van der Waals surface area contributed by atoms with E-state index in [2.05, 4.69) is 26.6 Å². The van der Waals surface area contributed by atoms with Gasteiger partial charge < -0.3 is 9.80 Å². The molecule has 0 bridgehead atoms. The molecule has 1 aliphatic heterocycles. The third kappa shape index (κ3) is 3.30. The van der Waals surface area contributed by atoms with Gasteiger partial charge in [-0.2, -0.15) is 11.3 Å². The molecule has 2 heterocycles. The molecule has 0 radical (unpaired) electrons. The van der Waals surface area contributed by atoms with Crippen LogP contribution in [-0.4, -0.2) is 35.0 Å². The zero-order chi connectivity index (χ0) is 13.1. The van der Waals surface area contributed by atoms with Crippen LogP contribution in [0.25, 0.3) is 0 Å². The van der Waals surface area contributed by atoms with Gasteiger partial charge in [-0.1, -0.05) is 12.8 Å². The molecule has 0 atom stereocenters. The Morgan fingerprint density at radius 3 is 2.58 bits per heavy atom. The second-order valence-electron chi connectivity index (χ2n) is 5.67. The van der Waals surface area contributed by atoms with Gasteiger partial charge >= 0.3 is 6.03 Å². The van der Waals surface area contributed by atoms with E-state index in [-0.39, 0.29) is 6.03 Å². The van der Waals surface area contributed by atoms with E-state index in [9.17, 15) is 4.79 Å². The van der Waals surface area contributed by atoms with Crippen molar-refractivity contribution in [1.29, 1.82) is 0 Å². The van der Waals surface area contributed by atoms with Crippen LogP contribution in [0.15, 0.2) is 16.8 Å². The average molecular weight is 278 g/mol. The average Bonchev–Trinajstić information content (AvgIpc) is 3.19. The second-order valence-corrected chi connectivity index (χ2v) is 6.45. The summed E-state index contributed by atoms with van der Waals surface area (Å²) in [6, 6.07) is 2.90. The van der Waals surface area contributed by atoms with Crippen LogP contribution in [0.1, 0.15) is 44.1 Å². The van der Waals surface area contributed by atoms with Gasteiger partial charge in [0.25, 0.3) is 0 Å². The molecule has 104 valence electrons. The molecular formula is C15H22N2OS. The quantitative estimate of drug-likeness (QED) is 0.827. The molecule has 3 nitrogen and oxygen atoms in total. The summed E-state index contributed by atoms with van der Waals surface area (Å²) in [5.74, 6) is 0. The molecule has 1 aromatic rings. The van der Waals surface area contributed by atoms with Gasteiger partial charge in [0.2, 0.25) is 0 Å². The van der Waals surface area contributed by atoms with Crippen molar-refractivity contribution >= 4 is 17.4 Å². The summed E-state index contributed by atoms with van der Waals surface area (Å²) in [6.45, 7) is 2.70. The van der Waals surface area contributed by atoms with Crippen molar-refractivity contribution in [2.24, 2.45) is 0 Å². The molecule has 3 rings (SSSR count). The molecule has 19 heavy (non-hydrogen) atoms. The molecular weight excluding hydrogens is 256 g/mol. The van der Waals surface area contributed by atoms with Crippen molar-refractivity contribution in [2.45, 2.75) is 51.1 Å². The Bertz CT molecular complexity index is 406. The van der Waals surface area contributed by atoms with E-state index in [0.717, 1.165) is 19.6 Å². The van der Waals surface area contributed by atoms with Gasteiger partial charge in [0.05, 0.1) is 0 Å². The Kier molecular flexibility index (Phi) is 4.06. The molecule has 2 aliphatic rings. The fraction of sp³-hybridized carbons (Fsp3) is 0.667. The smallest absolute Gasteiger partial charge is 0.320 e. The van der Waals surface area contributed by atoms with E-state index in [1.54, 1.807) is 11.3 Å². The first-order valence-electron chi connectivity index (χ1n) is 7.41. The fourth-order valence-corrected chi connectivity index (χ4v) is 3.42. The Morgan fingerprint density at radius 1 is 1.26 bits per heavy atom. The summed E-state index contributed by atoms with van der Waals surface area (Å²) in [5, 5.41) is 4.25. The maximum atomic E-state index is 12.7. The summed E-state index contributed by atoms with van der Waals surface area (Å²) >= 11 is 1.71. The van der Waals surface area contributed by atoms with Gasteiger partial charge in [0, 0.05) is 25.7 Å². The summed E-state index contributed by atoms with van der Waals surface area (Å²) in [5.41, 5.74) is 1.28. The number of thiophene rings is 1. The van der Waals surface area contributed by atoms with Crippen molar-refractivity contribution < 1.29 is 4.79 Å². The largest absolute Gasteiger partial charge is 0.325 e. The predicted octanol–water partition coefficient (Wildman–Crippen LogP) is 3.71. The second kappa shape index (κ2) is 5.95. The van der Waals surface area contributed by atoms with Crippen molar-refractivity contribution in [3.05, 3.63) is 22.4 Å². The number of hydrogen-bond donors (Lipinski definition) is 0. The molecule has 2 amide bonds. The molecule has 2 fully saturated rings. The standard InChI is InChI=1S/C15H22N2OS/c18-15(16-8-3-1-2-4-9-16)17(14-5-6-14)11-13-7-10-19-12-13/h7,10,12,14H,1-6,8-9,11H2. The highest BCUT2D eigenvalue weighted by molar-refractivity contribution is 7.07. The SMILES string of the molecule is O=C(N1CCCCCC1)N(Cc1ccsc1)C1CC1. The third-order valence-corrected chi connectivity index (χ3v) is 4.77. The number of carbonyl (C=O) groups is 1. The van der Waals surface area contributed by atoms with Gasteiger partial charge in [0.1, 0.15) is 0 Å². The van der Waals surface area contributed by atoms with E-state index >= 15 is 0 Å². The number of carbonyl (C=O) groups excluding carboxylic acids is 1. The molecule has 1 aromatic heterocycles. The van der Waals surface area contributed by atoms with Crippen LogP contribution < -0.4 is 0 Å². The monoisotopic (exact) mass is 278 g/mol. The highest BCUT2D eigenvalue weighted by atomic mass is 32.1. The van der Waals surface area contributed by atoms with Crippen molar-refractivity contribution in [1.82, 2.24) is 9.80 Å². The number of hydrogen-bond acceptors (Lipinski definition) is 2. The van der Waals surface area contributed by atoms with E-state index in [0.29, 0.717) is 6.04 Å². The zero-order valence-electron chi connectivity index (χ0n) is 11.4. The minimum absolute atomic E-state index is 0.274. The lowest BCUT2D eigenvalue weighted by Crippen LogP contribution is -2.44. The van der Waals surface area contributed by atoms with Crippen LogP contribution in [0.3, 0.4) is 0 Å². The van der Waals surface area contributed by atoms with Crippen molar-refractivity contribution in [3.63, 3.8) is 0 Å². The van der Waals surface area contributed by atoms with Gasteiger partial charge in [-0.3, -0.25) is 0 Å². The number of likely N-dealkylation sites (tertiary alicyclic amines) is 1. The van der Waals surface area contributed by atoms with Crippen LogP contribution in [0.4, 0.5) is 4.79 Å². The van der Waals surface area contributed by atoms with Gasteiger partial charge in [-0.25, -0.2) is 4.79 Å². The first-order chi connectivity index (χ1) is 9.34. The molecule has 0 aromatic carbocycles. The van der Waals surface area contributed by atoms with Crippen LogP contribution in [0.2, 0.25) is 0 Å². The Hall–Kier alpha value is -1.03. The Morgan fingerprint density at radius 2 is 2.00 bits per heavy atom. The lowest BCUT2D eigenvalue weighted by Gasteiger charge is -2.30. The lowest BCUT2D eigenvalue weighted by molar-refractivity contribution is 0.148. The number of urea groups is 1. The van der Waals surface area contributed by atoms with E-state index < -0.39 is 0 Å². The summed E-state index contributed by atoms with van der Waals surface area (Å²) in [4.78, 5) is 16.9. The highest BCUT2D eigenvalue weighted by Gasteiger charge is 2.34. The van der Waals surface area contributed by atoms with Gasteiger partial charge in [-0.05, 0) is 48.1 Å². The molecule has 1 aliphatic carbocycles. The fourth-order valence-electron chi connectivity index (χ4n) is 2.76. The molecule has 4 heteroatoms. The molecule has 1 saturated heterocycles. The molecule has 0 spiro atoms. The Balaban J connectivity index is 1.66. The summed E-state index contributed by atoms with van der Waals surface area (Å²) in [6.07, 6.45) is 7.26. The van der Waals surface area contributed by atoms with E-state index in [1.807, 2.05) is 0 Å². The van der Waals surface area contributed by atoms with Crippen LogP contribution in [0, 0.1) is 0 Å². The van der Waals surface area contributed by atoms with Crippen LogP contribution >= 0.6 is 11.3 Å². The minimum Gasteiger partial charge on any atom is -0.325 e. The first-order valence-corrected chi connectivity index (χ1v) is 8.35. The summed E-state index contributed by atoms with van der Waals surface area (Å²) < 4.78 is 0. The molecule has 0 unspecified atom stereocenters. The van der Waals surface area contributed by atoms with Crippen molar-refractivity contribution in [3.8, 4) is 0 Å². The Labute approximate surface area is 119 Å². The topological polar surface area (TPSA) is 23.6 Å². The minimum atomic E-state index is 0.274. The lowest BCUT2D eigenvalue weighted by atomic mass is 10.2. The maximum Gasteiger partial charge on any atom is 0.320 e. The normalized spacial score (nSPS) is 20.1. The molecule has 1 saturated carbocycles. The molecule has 0 N–H and O–H groups in total. The first kappa shape index (κ1) is 13.0. The third-order valence-electron chi connectivity index (χ3n) is 4.04. The highest BCUT2D eigenvalue weighted by Crippen LogP contribution is 2.30. The zero-order valence-corrected chi connectivity index (χ0v) is 12.2. The van der Waals surface area contributed by atoms with Crippen LogP contribution in [-0.2, 0) is 6.54 Å². The number of amides is 2. The predicted molar refractivity (Wildman–Crippen MR) is 78.3 cm³/mol. The van der Waals surface area contributed by atoms with E-state index in [1.165, 1.54) is 44.1 Å². The van der Waals surface area contributed by atoms with Crippen molar-refractivity contribution in [2.75, 3.05) is 13.1 Å². The number of nitrogens with zero attached hydrogens (tertiary/aromatic N) is 2. The number of rotatable bonds is 3. The summed E-state index contributed by atoms with van der Waals surface area (Å²) in [7, 11) is 0. The maximum absolute atomic E-state index is 12.7. The van der Waals surface area contributed by atoms with Crippen LogP contribution in [0.5, 0.6) is 0 Å². The van der Waals surface area contributed by atoms with Gasteiger partial charge in [-0.15, -0.1) is 0 Å². The van der Waals surface area contributed by atoms with Gasteiger partial charge in [0.15, 0.2) is 0 Å².